The number of carbonyl (C=O) groups excluding carboxylic acids is 1. The van der Waals surface area contributed by atoms with Crippen molar-refractivity contribution in [1.29, 1.82) is 0 Å². The Morgan fingerprint density at radius 1 is 1.05 bits per heavy atom. The number of carbonyl (C=O) groups is 1. The number of aromatic nitrogens is 2. The van der Waals surface area contributed by atoms with Gasteiger partial charge < -0.3 is 24.6 Å². The SMILES string of the molecule is COCCCOc1cc(-c2cnn(C)c2)cc([C@@H](C)NC(=O)c2cc(N3CCN(C)CC3)ccc2C)c1. The second-order valence-electron chi connectivity index (χ2n) is 9.87. The number of benzene rings is 2. The summed E-state index contributed by atoms with van der Waals surface area (Å²) in [5.74, 6) is 0.692. The van der Waals surface area contributed by atoms with E-state index in [0.29, 0.717) is 18.8 Å². The van der Waals surface area contributed by atoms with Crippen LogP contribution >= 0.6 is 0 Å². The molecule has 2 heterocycles. The minimum atomic E-state index is -0.211. The maximum absolute atomic E-state index is 13.4. The van der Waals surface area contributed by atoms with Crippen LogP contribution in [-0.4, -0.2) is 74.1 Å². The van der Waals surface area contributed by atoms with Crippen molar-refractivity contribution < 1.29 is 14.3 Å². The van der Waals surface area contributed by atoms with Gasteiger partial charge in [0, 0.05) is 76.4 Å². The Hall–Kier alpha value is -3.36. The van der Waals surface area contributed by atoms with Crippen LogP contribution in [0.25, 0.3) is 11.1 Å². The molecule has 1 amide bonds. The van der Waals surface area contributed by atoms with E-state index in [0.717, 1.165) is 66.3 Å². The summed E-state index contributed by atoms with van der Waals surface area (Å²) in [5, 5.41) is 7.53. The summed E-state index contributed by atoms with van der Waals surface area (Å²) >= 11 is 0. The van der Waals surface area contributed by atoms with Crippen LogP contribution < -0.4 is 15.0 Å². The van der Waals surface area contributed by atoms with Crippen LogP contribution in [0, 0.1) is 6.92 Å². The zero-order valence-corrected chi connectivity index (χ0v) is 22.7. The molecular formula is C29H39N5O3. The number of rotatable bonds is 10. The summed E-state index contributed by atoms with van der Waals surface area (Å²) < 4.78 is 13.0. The highest BCUT2D eigenvalue weighted by Gasteiger charge is 2.19. The Balaban J connectivity index is 1.53. The van der Waals surface area contributed by atoms with Gasteiger partial charge in [0.15, 0.2) is 0 Å². The van der Waals surface area contributed by atoms with E-state index in [1.807, 2.05) is 57.6 Å². The second-order valence-corrected chi connectivity index (χ2v) is 9.87. The van der Waals surface area contributed by atoms with Crippen molar-refractivity contribution in [2.24, 2.45) is 7.05 Å². The van der Waals surface area contributed by atoms with Crippen LogP contribution in [0.3, 0.4) is 0 Å². The molecule has 1 aliphatic heterocycles. The number of nitrogens with zero attached hydrogens (tertiary/aromatic N) is 4. The van der Waals surface area contributed by atoms with Crippen LogP contribution in [0.15, 0.2) is 48.8 Å². The molecule has 0 spiro atoms. The molecule has 8 nitrogen and oxygen atoms in total. The third-order valence-corrected chi connectivity index (χ3v) is 6.91. The van der Waals surface area contributed by atoms with Gasteiger partial charge >= 0.3 is 0 Å². The van der Waals surface area contributed by atoms with Gasteiger partial charge in [0.05, 0.1) is 18.8 Å². The predicted molar refractivity (Wildman–Crippen MR) is 147 cm³/mol. The van der Waals surface area contributed by atoms with Crippen molar-refractivity contribution in [3.63, 3.8) is 0 Å². The number of hydrogen-bond acceptors (Lipinski definition) is 6. The van der Waals surface area contributed by atoms with E-state index >= 15 is 0 Å². The number of ether oxygens (including phenoxy) is 2. The van der Waals surface area contributed by atoms with Crippen molar-refractivity contribution in [1.82, 2.24) is 20.0 Å². The summed E-state index contributed by atoms with van der Waals surface area (Å²) in [6.45, 7) is 9.18. The normalized spacial score (nSPS) is 15.0. The summed E-state index contributed by atoms with van der Waals surface area (Å²) in [4.78, 5) is 18.1. The van der Waals surface area contributed by atoms with Gasteiger partial charge in [-0.15, -0.1) is 0 Å². The first-order valence-corrected chi connectivity index (χ1v) is 12.9. The Morgan fingerprint density at radius 2 is 1.84 bits per heavy atom. The van der Waals surface area contributed by atoms with Crippen molar-refractivity contribution in [2.45, 2.75) is 26.3 Å². The third-order valence-electron chi connectivity index (χ3n) is 6.91. The molecule has 1 aliphatic rings. The standard InChI is InChI=1S/C29H39N5O3/c1-21-7-8-26(34-11-9-32(3)10-12-34)18-28(21)29(35)31-22(2)23-15-24(25-19-30-33(4)20-25)17-27(16-23)37-14-6-13-36-5/h7-8,15-20,22H,6,9-14H2,1-5H3,(H,31,35)/t22-/m1/s1. The Labute approximate surface area is 220 Å². The highest BCUT2D eigenvalue weighted by molar-refractivity contribution is 5.97. The molecule has 0 aliphatic carbocycles. The van der Waals surface area contributed by atoms with Crippen molar-refractivity contribution in [3.05, 3.63) is 65.5 Å². The topological polar surface area (TPSA) is 71.9 Å². The van der Waals surface area contributed by atoms with E-state index < -0.39 is 0 Å². The fraction of sp³-hybridized carbons (Fsp3) is 0.448. The lowest BCUT2D eigenvalue weighted by atomic mass is 10.0. The van der Waals surface area contributed by atoms with Crippen molar-refractivity contribution >= 4 is 11.6 Å². The largest absolute Gasteiger partial charge is 0.493 e. The highest BCUT2D eigenvalue weighted by Crippen LogP contribution is 2.29. The van der Waals surface area contributed by atoms with Gasteiger partial charge in [0.1, 0.15) is 5.75 Å². The van der Waals surface area contributed by atoms with Gasteiger partial charge in [-0.2, -0.15) is 5.10 Å². The number of aryl methyl sites for hydroxylation is 2. The number of likely N-dealkylation sites (N-methyl/N-ethyl adjacent to an activating group) is 1. The molecular weight excluding hydrogens is 466 g/mol. The van der Waals surface area contributed by atoms with Crippen molar-refractivity contribution in [2.75, 3.05) is 58.5 Å². The van der Waals surface area contributed by atoms with Crippen LogP contribution in [0.5, 0.6) is 5.75 Å². The monoisotopic (exact) mass is 505 g/mol. The van der Waals surface area contributed by atoms with Gasteiger partial charge in [-0.05, 0) is 67.9 Å². The molecule has 0 radical (unpaired) electrons. The van der Waals surface area contributed by atoms with E-state index in [4.69, 9.17) is 9.47 Å². The molecule has 0 saturated carbocycles. The van der Waals surface area contributed by atoms with Crippen molar-refractivity contribution in [3.8, 4) is 16.9 Å². The molecule has 1 saturated heterocycles. The third kappa shape index (κ3) is 6.90. The molecule has 8 heteroatoms. The van der Waals surface area contributed by atoms with Gasteiger partial charge in [-0.1, -0.05) is 6.07 Å². The molecule has 1 N–H and O–H groups in total. The smallest absolute Gasteiger partial charge is 0.252 e. The lowest BCUT2D eigenvalue weighted by Crippen LogP contribution is -2.44. The van der Waals surface area contributed by atoms with Gasteiger partial charge in [0.2, 0.25) is 0 Å². The average Bonchev–Trinajstić information content (AvgIpc) is 3.33. The maximum atomic E-state index is 13.4. The average molecular weight is 506 g/mol. The number of piperazine rings is 1. The van der Waals surface area contributed by atoms with Crippen LogP contribution in [-0.2, 0) is 11.8 Å². The minimum Gasteiger partial charge on any atom is -0.493 e. The number of methoxy groups -OCH3 is 1. The van der Waals surface area contributed by atoms with E-state index in [1.165, 1.54) is 0 Å². The molecule has 0 bridgehead atoms. The maximum Gasteiger partial charge on any atom is 0.252 e. The van der Waals surface area contributed by atoms with Gasteiger partial charge in [-0.25, -0.2) is 0 Å². The van der Waals surface area contributed by atoms with E-state index in [9.17, 15) is 4.79 Å². The summed E-state index contributed by atoms with van der Waals surface area (Å²) in [5.41, 5.74) is 5.75. The van der Waals surface area contributed by atoms with E-state index in [2.05, 4.69) is 39.4 Å². The Morgan fingerprint density at radius 3 is 2.54 bits per heavy atom. The van der Waals surface area contributed by atoms with E-state index in [-0.39, 0.29) is 11.9 Å². The molecule has 4 rings (SSSR count). The molecule has 1 aromatic heterocycles. The first-order valence-electron chi connectivity index (χ1n) is 12.9. The first-order chi connectivity index (χ1) is 17.8. The summed E-state index contributed by atoms with van der Waals surface area (Å²) in [6, 6.07) is 12.1. The zero-order chi connectivity index (χ0) is 26.4. The number of nitrogens with one attached hydrogen (secondary N) is 1. The molecule has 37 heavy (non-hydrogen) atoms. The molecule has 1 atom stereocenters. The lowest BCUT2D eigenvalue weighted by Gasteiger charge is -2.34. The predicted octanol–water partition coefficient (Wildman–Crippen LogP) is 4.05. The van der Waals surface area contributed by atoms with Crippen LogP contribution in [0.1, 0.15) is 40.9 Å². The van der Waals surface area contributed by atoms with Crippen LogP contribution in [0.2, 0.25) is 0 Å². The lowest BCUT2D eigenvalue weighted by molar-refractivity contribution is 0.0939. The number of anilines is 1. The molecule has 3 aromatic rings. The summed E-state index contributed by atoms with van der Waals surface area (Å²) in [6.07, 6.45) is 4.62. The zero-order valence-electron chi connectivity index (χ0n) is 22.7. The van der Waals surface area contributed by atoms with E-state index in [1.54, 1.807) is 11.8 Å². The quantitative estimate of drug-likeness (QED) is 0.419. The summed E-state index contributed by atoms with van der Waals surface area (Å²) in [7, 11) is 5.73. The number of amides is 1. The molecule has 1 fully saturated rings. The molecule has 2 aromatic carbocycles. The molecule has 0 unspecified atom stereocenters. The fourth-order valence-corrected chi connectivity index (χ4v) is 4.56. The number of hydrogen-bond donors (Lipinski definition) is 1. The Bertz CT molecular complexity index is 1200. The highest BCUT2D eigenvalue weighted by atomic mass is 16.5. The second kappa shape index (κ2) is 12.3. The Kier molecular flexibility index (Phi) is 8.84. The van der Waals surface area contributed by atoms with Crippen LogP contribution in [0.4, 0.5) is 5.69 Å². The first kappa shape index (κ1) is 26.7. The van der Waals surface area contributed by atoms with Gasteiger partial charge in [0.25, 0.3) is 5.91 Å². The fourth-order valence-electron chi connectivity index (χ4n) is 4.56. The molecule has 198 valence electrons. The minimum absolute atomic E-state index is 0.0738. The van der Waals surface area contributed by atoms with Gasteiger partial charge in [-0.3, -0.25) is 9.48 Å².